The van der Waals surface area contributed by atoms with E-state index in [1.165, 1.54) is 32.1 Å². The number of hydrogen-bond donors (Lipinski definition) is 1. The first kappa shape index (κ1) is 12.2. The number of aliphatic carboxylic acids is 1. The lowest BCUT2D eigenvalue weighted by Gasteiger charge is -1.89. The highest BCUT2D eigenvalue weighted by Gasteiger charge is 1.99. The molecule has 0 heterocycles. The summed E-state index contributed by atoms with van der Waals surface area (Å²) in [4.78, 5) is 9.70. The molecule has 2 nitrogen and oxygen atoms in total. The minimum absolute atomic E-state index is 0.231. The van der Waals surface area contributed by atoms with Gasteiger partial charge in [0, 0.05) is 0 Å². The standard InChI is InChI=1S/C7H12.C4H8O2/c1-2-4-6-7-5-3-1;1-3(2)4(5)6/h1-2H,3-7H2;3H,1-2H3,(H,5,6). The summed E-state index contributed by atoms with van der Waals surface area (Å²) in [6.07, 6.45) is 11.5. The summed E-state index contributed by atoms with van der Waals surface area (Å²) in [5.41, 5.74) is 0. The van der Waals surface area contributed by atoms with Crippen molar-refractivity contribution in [3.63, 3.8) is 0 Å². The van der Waals surface area contributed by atoms with Gasteiger partial charge in [0.1, 0.15) is 0 Å². The predicted octanol–water partition coefficient (Wildman–Crippen LogP) is 3.23. The summed E-state index contributed by atoms with van der Waals surface area (Å²) in [5.74, 6) is -0.972. The molecule has 0 spiro atoms. The Morgan fingerprint density at radius 3 is 1.85 bits per heavy atom. The van der Waals surface area contributed by atoms with Crippen molar-refractivity contribution in [2.75, 3.05) is 0 Å². The van der Waals surface area contributed by atoms with Crippen molar-refractivity contribution in [1.82, 2.24) is 0 Å². The molecule has 1 rings (SSSR count). The lowest BCUT2D eigenvalue weighted by Crippen LogP contribution is -2.03. The number of carboxylic acids is 1. The first-order chi connectivity index (χ1) is 6.14. The molecule has 1 aliphatic carbocycles. The molecule has 2 heteroatoms. The van der Waals surface area contributed by atoms with Crippen molar-refractivity contribution in [3.05, 3.63) is 12.2 Å². The van der Waals surface area contributed by atoms with Crippen molar-refractivity contribution in [2.24, 2.45) is 5.92 Å². The van der Waals surface area contributed by atoms with Gasteiger partial charge in [-0.25, -0.2) is 0 Å². The molecule has 0 aromatic carbocycles. The second-order valence-electron chi connectivity index (χ2n) is 3.60. The maximum atomic E-state index is 9.70. The molecule has 0 aliphatic heterocycles. The van der Waals surface area contributed by atoms with Crippen molar-refractivity contribution in [1.29, 1.82) is 0 Å². The summed E-state index contributed by atoms with van der Waals surface area (Å²) >= 11 is 0. The fourth-order valence-corrected chi connectivity index (χ4v) is 0.937. The Kier molecular flexibility index (Phi) is 7.36. The fourth-order valence-electron chi connectivity index (χ4n) is 0.937. The Morgan fingerprint density at radius 1 is 1.15 bits per heavy atom. The van der Waals surface area contributed by atoms with Crippen LogP contribution >= 0.6 is 0 Å². The van der Waals surface area contributed by atoms with Gasteiger partial charge in [0.15, 0.2) is 0 Å². The van der Waals surface area contributed by atoms with Crippen LogP contribution in [-0.4, -0.2) is 11.1 Å². The van der Waals surface area contributed by atoms with Crippen molar-refractivity contribution >= 4 is 5.97 Å². The SMILES string of the molecule is C1=CCCCCC1.CC(C)C(=O)O. The Balaban J connectivity index is 0.000000226. The first-order valence-electron chi connectivity index (χ1n) is 5.02. The van der Waals surface area contributed by atoms with Crippen molar-refractivity contribution < 1.29 is 9.90 Å². The molecule has 0 fully saturated rings. The quantitative estimate of drug-likeness (QED) is 0.635. The van der Waals surface area contributed by atoms with E-state index in [-0.39, 0.29) is 5.92 Å². The molecule has 0 aromatic heterocycles. The zero-order chi connectivity index (χ0) is 10.1. The predicted molar refractivity (Wildman–Crippen MR) is 54.7 cm³/mol. The van der Waals surface area contributed by atoms with Crippen LogP contribution in [0.15, 0.2) is 12.2 Å². The van der Waals surface area contributed by atoms with Gasteiger partial charge in [-0.3, -0.25) is 4.79 Å². The van der Waals surface area contributed by atoms with Gasteiger partial charge in [0.2, 0.25) is 0 Å². The lowest BCUT2D eigenvalue weighted by atomic mass is 10.2. The van der Waals surface area contributed by atoms with Crippen molar-refractivity contribution in [2.45, 2.75) is 46.0 Å². The summed E-state index contributed by atoms with van der Waals surface area (Å²) in [6, 6.07) is 0. The second kappa shape index (κ2) is 7.84. The molecule has 0 unspecified atom stereocenters. The average molecular weight is 184 g/mol. The molecule has 0 saturated carbocycles. The van der Waals surface area contributed by atoms with E-state index in [0.29, 0.717) is 0 Å². The van der Waals surface area contributed by atoms with E-state index in [0.717, 1.165) is 0 Å². The molecule has 76 valence electrons. The van der Waals surface area contributed by atoms with Crippen LogP contribution in [0.4, 0.5) is 0 Å². The molecule has 0 bridgehead atoms. The van der Waals surface area contributed by atoms with Gasteiger partial charge < -0.3 is 5.11 Å². The number of rotatable bonds is 1. The van der Waals surface area contributed by atoms with E-state index in [9.17, 15) is 4.79 Å². The van der Waals surface area contributed by atoms with Crippen LogP contribution in [0.3, 0.4) is 0 Å². The monoisotopic (exact) mass is 184 g/mol. The molecule has 1 aliphatic rings. The van der Waals surface area contributed by atoms with E-state index in [4.69, 9.17) is 5.11 Å². The van der Waals surface area contributed by atoms with Gasteiger partial charge in [0.25, 0.3) is 0 Å². The van der Waals surface area contributed by atoms with Crippen LogP contribution in [0.1, 0.15) is 46.0 Å². The third-order valence-corrected chi connectivity index (χ3v) is 1.90. The van der Waals surface area contributed by atoms with Gasteiger partial charge in [-0.2, -0.15) is 0 Å². The fraction of sp³-hybridized carbons (Fsp3) is 0.727. The van der Waals surface area contributed by atoms with Gasteiger partial charge in [-0.05, 0) is 25.7 Å². The normalized spacial score (nSPS) is 15.9. The van der Waals surface area contributed by atoms with Crippen LogP contribution in [0.5, 0.6) is 0 Å². The number of carboxylic acid groups (broad SMARTS) is 1. The first-order valence-corrected chi connectivity index (χ1v) is 5.02. The van der Waals surface area contributed by atoms with Gasteiger partial charge in [-0.1, -0.05) is 32.4 Å². The van der Waals surface area contributed by atoms with Crippen LogP contribution < -0.4 is 0 Å². The third kappa shape index (κ3) is 9.12. The summed E-state index contributed by atoms with van der Waals surface area (Å²) in [6.45, 7) is 3.28. The zero-order valence-corrected chi connectivity index (χ0v) is 8.62. The molecule has 0 saturated heterocycles. The molecular formula is C11H20O2. The minimum Gasteiger partial charge on any atom is -0.481 e. The van der Waals surface area contributed by atoms with E-state index >= 15 is 0 Å². The number of allylic oxidation sites excluding steroid dienone is 2. The highest BCUT2D eigenvalue weighted by molar-refractivity contribution is 5.68. The van der Waals surface area contributed by atoms with Crippen LogP contribution in [0.2, 0.25) is 0 Å². The highest BCUT2D eigenvalue weighted by atomic mass is 16.4. The Labute approximate surface area is 80.7 Å². The average Bonchev–Trinajstić information content (AvgIpc) is 2.35. The Hall–Kier alpha value is -0.790. The minimum atomic E-state index is -0.741. The van der Waals surface area contributed by atoms with Crippen LogP contribution in [0, 0.1) is 5.92 Å². The summed E-state index contributed by atoms with van der Waals surface area (Å²) in [5, 5.41) is 7.99. The highest BCUT2D eigenvalue weighted by Crippen LogP contribution is 2.08. The van der Waals surface area contributed by atoms with Crippen LogP contribution in [-0.2, 0) is 4.79 Å². The van der Waals surface area contributed by atoms with Gasteiger partial charge >= 0.3 is 5.97 Å². The van der Waals surface area contributed by atoms with E-state index in [2.05, 4.69) is 12.2 Å². The second-order valence-corrected chi connectivity index (χ2v) is 3.60. The van der Waals surface area contributed by atoms with E-state index in [1.54, 1.807) is 13.8 Å². The third-order valence-electron chi connectivity index (χ3n) is 1.90. The maximum Gasteiger partial charge on any atom is 0.305 e. The number of carbonyl (C=O) groups is 1. The Morgan fingerprint density at radius 2 is 1.54 bits per heavy atom. The maximum absolute atomic E-state index is 9.70. The lowest BCUT2D eigenvalue weighted by molar-refractivity contribution is -0.140. The zero-order valence-electron chi connectivity index (χ0n) is 8.62. The molecule has 13 heavy (non-hydrogen) atoms. The molecule has 1 N–H and O–H groups in total. The molecule has 0 radical (unpaired) electrons. The topological polar surface area (TPSA) is 37.3 Å². The smallest absolute Gasteiger partial charge is 0.305 e. The van der Waals surface area contributed by atoms with Crippen molar-refractivity contribution in [3.8, 4) is 0 Å². The largest absolute Gasteiger partial charge is 0.481 e. The van der Waals surface area contributed by atoms with E-state index in [1.807, 2.05) is 0 Å². The van der Waals surface area contributed by atoms with E-state index < -0.39 is 5.97 Å². The number of hydrogen-bond acceptors (Lipinski definition) is 1. The molecule has 0 atom stereocenters. The van der Waals surface area contributed by atoms with Gasteiger partial charge in [-0.15, -0.1) is 0 Å². The molecule has 0 amide bonds. The Bertz CT molecular complexity index is 151. The van der Waals surface area contributed by atoms with Crippen LogP contribution in [0.25, 0.3) is 0 Å². The summed E-state index contributed by atoms with van der Waals surface area (Å²) < 4.78 is 0. The molecular weight excluding hydrogens is 164 g/mol. The molecule has 0 aromatic rings. The summed E-state index contributed by atoms with van der Waals surface area (Å²) in [7, 11) is 0. The van der Waals surface area contributed by atoms with Gasteiger partial charge in [0.05, 0.1) is 5.92 Å².